The first kappa shape index (κ1) is 40.4. The smallest absolute Gasteiger partial charge is 0.410 e. The second-order valence-corrected chi connectivity index (χ2v) is 19.0. The lowest BCUT2D eigenvalue weighted by molar-refractivity contribution is -0.140. The fourth-order valence-electron chi connectivity index (χ4n) is 10.3. The van der Waals surface area contributed by atoms with Gasteiger partial charge in [0.15, 0.2) is 5.82 Å². The topological polar surface area (TPSA) is 116 Å². The molecule has 3 amide bonds. The van der Waals surface area contributed by atoms with Crippen LogP contribution in [0.1, 0.15) is 104 Å². The number of anilines is 3. The number of nitrogens with zero attached hydrogens (tertiary/aromatic N) is 7. The SMILES string of the molecule is CC(C)n1cnc2cc(-c3ccc4c(c3)N(C3CC(N5CCCCC5)C3)C(=O)C43CCN(C(=O)C4CCN(C(=O)OC(C)(C)C)CC4)CC3)nc(Nc3ccccc3F)c21. The largest absolute Gasteiger partial charge is 0.444 e. The predicted octanol–water partition coefficient (Wildman–Crippen LogP) is 8.43. The van der Waals surface area contributed by atoms with E-state index in [-0.39, 0.29) is 41.7 Å². The summed E-state index contributed by atoms with van der Waals surface area (Å²) in [6.07, 6.45) is 9.47. The molecule has 5 aliphatic rings. The second-order valence-electron chi connectivity index (χ2n) is 19.0. The standard InChI is InChI=1S/C47H59FN8O4/c1-30(2)55-29-49-39-28-38(51-42(41(39)55)50-37-12-8-7-11-36(37)48)32-13-14-35-40(25-32)56(34-26-33(27-34)52-19-9-6-10-20-52)44(58)47(35)17-23-53(24-18-47)43(57)31-15-21-54(22-16-31)45(59)60-46(3,4)5/h7-8,11-14,25,28-31,33-34H,6,9-10,15-24,26-27H2,1-5H3,(H,50,51). The van der Waals surface area contributed by atoms with E-state index in [2.05, 4.69) is 47.2 Å². The number of pyridine rings is 1. The molecule has 1 aliphatic carbocycles. The Morgan fingerprint density at radius 1 is 0.900 bits per heavy atom. The van der Waals surface area contributed by atoms with Crippen LogP contribution >= 0.6 is 0 Å². The van der Waals surface area contributed by atoms with Gasteiger partial charge in [-0.05, 0) is 129 Å². The van der Waals surface area contributed by atoms with E-state index in [4.69, 9.17) is 14.7 Å². The summed E-state index contributed by atoms with van der Waals surface area (Å²) in [6, 6.07) is 15.6. The lowest BCUT2D eigenvalue weighted by atomic mass is 9.73. The summed E-state index contributed by atoms with van der Waals surface area (Å²) in [5.41, 5.74) is 4.10. The van der Waals surface area contributed by atoms with Crippen LogP contribution in [-0.2, 0) is 19.7 Å². The molecule has 0 radical (unpaired) electrons. The molecule has 9 rings (SSSR count). The van der Waals surface area contributed by atoms with E-state index in [0.717, 1.165) is 53.8 Å². The Labute approximate surface area is 352 Å². The van der Waals surface area contributed by atoms with Gasteiger partial charge in [-0.15, -0.1) is 0 Å². The van der Waals surface area contributed by atoms with Gasteiger partial charge in [0, 0.05) is 61.5 Å². The third kappa shape index (κ3) is 7.40. The highest BCUT2D eigenvalue weighted by Gasteiger charge is 2.56. The van der Waals surface area contributed by atoms with Gasteiger partial charge in [-0.3, -0.25) is 9.59 Å². The highest BCUT2D eigenvalue weighted by molar-refractivity contribution is 6.09. The van der Waals surface area contributed by atoms with E-state index in [1.165, 1.54) is 25.3 Å². The summed E-state index contributed by atoms with van der Waals surface area (Å²) in [6.45, 7) is 14.0. The fourth-order valence-corrected chi connectivity index (χ4v) is 10.3. The van der Waals surface area contributed by atoms with Gasteiger partial charge in [-0.2, -0.15) is 0 Å². The van der Waals surface area contributed by atoms with E-state index >= 15 is 9.18 Å². The van der Waals surface area contributed by atoms with Crippen molar-refractivity contribution in [3.63, 3.8) is 0 Å². The van der Waals surface area contributed by atoms with Crippen molar-refractivity contribution in [1.29, 1.82) is 0 Å². The van der Waals surface area contributed by atoms with Crippen LogP contribution < -0.4 is 10.2 Å². The number of fused-ring (bicyclic) bond motifs is 3. The molecule has 318 valence electrons. The first-order valence-corrected chi connectivity index (χ1v) is 22.2. The van der Waals surface area contributed by atoms with Crippen molar-refractivity contribution >= 4 is 46.1 Å². The van der Waals surface area contributed by atoms with Crippen molar-refractivity contribution in [3.8, 4) is 11.3 Å². The van der Waals surface area contributed by atoms with Crippen molar-refractivity contribution in [2.45, 2.75) is 122 Å². The minimum atomic E-state index is -0.716. The number of likely N-dealkylation sites (tertiary alicyclic amines) is 3. The van der Waals surface area contributed by atoms with Gasteiger partial charge in [0.1, 0.15) is 16.9 Å². The predicted molar refractivity (Wildman–Crippen MR) is 231 cm³/mol. The third-order valence-electron chi connectivity index (χ3n) is 13.7. The monoisotopic (exact) mass is 818 g/mol. The molecular weight excluding hydrogens is 760 g/mol. The molecule has 0 atom stereocenters. The number of aromatic nitrogens is 3. The number of halogens is 1. The number of carbonyl (C=O) groups excluding carboxylic acids is 3. The van der Waals surface area contributed by atoms with Crippen LogP contribution in [0.15, 0.2) is 54.9 Å². The summed E-state index contributed by atoms with van der Waals surface area (Å²) < 4.78 is 22.6. The number of hydrogen-bond donors (Lipinski definition) is 1. The molecule has 4 fully saturated rings. The van der Waals surface area contributed by atoms with Gasteiger partial charge >= 0.3 is 6.09 Å². The number of nitrogens with one attached hydrogen (secondary N) is 1. The average molecular weight is 819 g/mol. The van der Waals surface area contributed by atoms with Crippen LogP contribution in [0.25, 0.3) is 22.3 Å². The number of ether oxygens (including phenoxy) is 1. The molecule has 4 aromatic rings. The molecule has 2 aromatic carbocycles. The lowest BCUT2D eigenvalue weighted by Gasteiger charge is -2.48. The number of carbonyl (C=O) groups is 3. The van der Waals surface area contributed by atoms with E-state index in [1.54, 1.807) is 29.4 Å². The number of hydrogen-bond acceptors (Lipinski definition) is 8. The molecule has 1 saturated carbocycles. The Balaban J connectivity index is 0.998. The second kappa shape index (κ2) is 15.8. The first-order valence-electron chi connectivity index (χ1n) is 22.2. The van der Waals surface area contributed by atoms with Crippen LogP contribution in [0.3, 0.4) is 0 Å². The van der Waals surface area contributed by atoms with E-state index in [1.807, 2.05) is 36.3 Å². The van der Waals surface area contributed by atoms with Crippen LogP contribution in [0.5, 0.6) is 0 Å². The molecule has 12 nitrogen and oxygen atoms in total. The highest BCUT2D eigenvalue weighted by atomic mass is 19.1. The van der Waals surface area contributed by atoms with Gasteiger partial charge in [-0.25, -0.2) is 19.2 Å². The number of rotatable bonds is 7. The highest BCUT2D eigenvalue weighted by Crippen LogP contribution is 2.52. The van der Waals surface area contributed by atoms with Crippen molar-refractivity contribution in [2.24, 2.45) is 5.92 Å². The van der Waals surface area contributed by atoms with Crippen LogP contribution in [0.4, 0.5) is 26.4 Å². The maximum Gasteiger partial charge on any atom is 0.410 e. The fraction of sp³-hybridized carbons (Fsp3) is 0.553. The minimum Gasteiger partial charge on any atom is -0.444 e. The van der Waals surface area contributed by atoms with E-state index in [0.29, 0.717) is 75.1 Å². The minimum absolute atomic E-state index is 0.100. The molecule has 4 aliphatic heterocycles. The van der Waals surface area contributed by atoms with Crippen LogP contribution in [0.2, 0.25) is 0 Å². The molecule has 2 aromatic heterocycles. The average Bonchev–Trinajstić information content (AvgIpc) is 3.75. The summed E-state index contributed by atoms with van der Waals surface area (Å²) in [7, 11) is 0. The quantitative estimate of drug-likeness (QED) is 0.198. The van der Waals surface area contributed by atoms with Crippen LogP contribution in [-0.4, -0.2) is 104 Å². The zero-order valence-corrected chi connectivity index (χ0v) is 35.8. The molecule has 60 heavy (non-hydrogen) atoms. The zero-order chi connectivity index (χ0) is 41.9. The van der Waals surface area contributed by atoms with E-state index in [9.17, 15) is 9.59 Å². The number of benzene rings is 2. The summed E-state index contributed by atoms with van der Waals surface area (Å²) in [5, 5.41) is 3.27. The number of imidazole rings is 1. The Morgan fingerprint density at radius 2 is 1.62 bits per heavy atom. The zero-order valence-electron chi connectivity index (χ0n) is 35.8. The Kier molecular flexibility index (Phi) is 10.6. The summed E-state index contributed by atoms with van der Waals surface area (Å²) in [5.74, 6) is 0.260. The van der Waals surface area contributed by atoms with Crippen molar-refractivity contribution in [3.05, 3.63) is 66.2 Å². The van der Waals surface area contributed by atoms with Gasteiger partial charge in [0.25, 0.3) is 0 Å². The van der Waals surface area contributed by atoms with Crippen LogP contribution in [0, 0.1) is 11.7 Å². The Morgan fingerprint density at radius 3 is 2.30 bits per heavy atom. The molecule has 6 heterocycles. The van der Waals surface area contributed by atoms with Gasteiger partial charge in [-0.1, -0.05) is 30.7 Å². The van der Waals surface area contributed by atoms with E-state index < -0.39 is 11.0 Å². The number of amides is 3. The molecule has 0 bridgehead atoms. The van der Waals surface area contributed by atoms with Gasteiger partial charge < -0.3 is 34.2 Å². The van der Waals surface area contributed by atoms with Gasteiger partial charge in [0.2, 0.25) is 11.8 Å². The lowest BCUT2D eigenvalue weighted by Crippen LogP contribution is -2.58. The maximum atomic E-state index is 15.1. The molecule has 1 spiro atoms. The van der Waals surface area contributed by atoms with Crippen molar-refractivity contribution < 1.29 is 23.5 Å². The first-order chi connectivity index (χ1) is 28.8. The van der Waals surface area contributed by atoms with Gasteiger partial charge in [0.05, 0.1) is 28.6 Å². The summed E-state index contributed by atoms with van der Waals surface area (Å²) >= 11 is 0. The molecule has 13 heteroatoms. The molecular formula is C47H59FN8O4. The molecule has 1 N–H and O–H groups in total. The Hall–Kier alpha value is -5.04. The number of piperidine rings is 3. The summed E-state index contributed by atoms with van der Waals surface area (Å²) in [4.78, 5) is 60.0. The van der Waals surface area contributed by atoms with Crippen molar-refractivity contribution in [2.75, 3.05) is 49.5 Å². The van der Waals surface area contributed by atoms with Crippen molar-refractivity contribution in [1.82, 2.24) is 29.2 Å². The number of para-hydroxylation sites is 1. The Bertz CT molecular complexity index is 2270. The maximum absolute atomic E-state index is 15.1. The normalized spacial score (nSPS) is 22.4. The molecule has 3 saturated heterocycles. The molecule has 0 unspecified atom stereocenters. The third-order valence-corrected chi connectivity index (χ3v) is 13.7.